The fourth-order valence-electron chi connectivity index (χ4n) is 3.53. The first kappa shape index (κ1) is 14.9. The molecule has 1 aliphatic heterocycles. The summed E-state index contributed by atoms with van der Waals surface area (Å²) in [5.41, 5.74) is 7.44. The summed E-state index contributed by atoms with van der Waals surface area (Å²) in [6.07, 6.45) is 0. The van der Waals surface area contributed by atoms with Gasteiger partial charge in [-0.05, 0) is 17.5 Å². The number of anilines is 3. The van der Waals surface area contributed by atoms with Gasteiger partial charge in [-0.3, -0.25) is 14.6 Å². The van der Waals surface area contributed by atoms with Gasteiger partial charge in [0.25, 0.3) is 11.1 Å². The number of thiophene rings is 1. The van der Waals surface area contributed by atoms with E-state index in [4.69, 9.17) is 5.73 Å². The first-order chi connectivity index (χ1) is 12.6. The van der Waals surface area contributed by atoms with Gasteiger partial charge in [0.2, 0.25) is 5.95 Å². The second-order valence-electron chi connectivity index (χ2n) is 6.08. The minimum absolute atomic E-state index is 0.0313. The molecule has 0 aliphatic carbocycles. The van der Waals surface area contributed by atoms with Crippen LogP contribution in [0.15, 0.2) is 51.4 Å². The number of H-pyrrole nitrogens is 2. The quantitative estimate of drug-likeness (QED) is 0.365. The number of benzene rings is 1. The molecule has 128 valence electrons. The zero-order valence-electron chi connectivity index (χ0n) is 13.4. The second-order valence-corrected chi connectivity index (χ2v) is 7.05. The third kappa shape index (κ3) is 2.02. The van der Waals surface area contributed by atoms with Crippen molar-refractivity contribution < 1.29 is 0 Å². The van der Waals surface area contributed by atoms with Crippen molar-refractivity contribution in [3.63, 3.8) is 0 Å². The highest BCUT2D eigenvalue weighted by molar-refractivity contribution is 7.10. The Bertz CT molecular complexity index is 1270. The highest BCUT2D eigenvalue weighted by Crippen LogP contribution is 2.44. The van der Waals surface area contributed by atoms with E-state index in [0.717, 1.165) is 15.8 Å². The Kier molecular flexibility index (Phi) is 3.04. The number of nitrogens with zero attached hydrogens (tertiary/aromatic N) is 1. The molecule has 0 amide bonds. The van der Waals surface area contributed by atoms with Crippen molar-refractivity contribution in [2.45, 2.75) is 5.92 Å². The summed E-state index contributed by atoms with van der Waals surface area (Å²) in [7, 11) is 0. The summed E-state index contributed by atoms with van der Waals surface area (Å²) in [5, 5.41) is 5.95. The summed E-state index contributed by atoms with van der Waals surface area (Å²) in [6.45, 7) is 0. The minimum atomic E-state index is -0.508. The van der Waals surface area contributed by atoms with Gasteiger partial charge in [-0.2, -0.15) is 4.98 Å². The molecule has 4 heterocycles. The number of hydrogen-bond acceptors (Lipinski definition) is 6. The Morgan fingerprint density at radius 2 is 1.81 bits per heavy atom. The molecule has 5 N–H and O–H groups in total. The van der Waals surface area contributed by atoms with Crippen molar-refractivity contribution in [3.8, 4) is 0 Å². The average Bonchev–Trinajstić information content (AvgIpc) is 3.14. The van der Waals surface area contributed by atoms with E-state index in [9.17, 15) is 9.59 Å². The summed E-state index contributed by atoms with van der Waals surface area (Å²) < 4.78 is 0. The summed E-state index contributed by atoms with van der Waals surface area (Å²) >= 11 is 1.49. The third-order valence-corrected chi connectivity index (χ3v) is 5.52. The molecule has 1 unspecified atom stereocenters. The van der Waals surface area contributed by atoms with Crippen LogP contribution in [0.1, 0.15) is 21.9 Å². The normalized spacial score (nSPS) is 15.3. The molecule has 7 nitrogen and oxygen atoms in total. The first-order valence-electron chi connectivity index (χ1n) is 7.98. The molecule has 0 bridgehead atoms. The van der Waals surface area contributed by atoms with Gasteiger partial charge in [0.1, 0.15) is 5.82 Å². The van der Waals surface area contributed by atoms with Crippen molar-refractivity contribution in [3.05, 3.63) is 78.5 Å². The van der Waals surface area contributed by atoms with Gasteiger partial charge >= 0.3 is 0 Å². The van der Waals surface area contributed by atoms with Crippen LogP contribution in [0.2, 0.25) is 0 Å². The van der Waals surface area contributed by atoms with Crippen LogP contribution in [-0.2, 0) is 0 Å². The van der Waals surface area contributed by atoms with Crippen LogP contribution >= 0.6 is 11.3 Å². The molecule has 5 rings (SSSR count). The van der Waals surface area contributed by atoms with Crippen molar-refractivity contribution in [1.29, 1.82) is 0 Å². The molecular weight excluding hydrogens is 350 g/mol. The largest absolute Gasteiger partial charge is 0.369 e. The maximum Gasteiger partial charge on any atom is 0.258 e. The fraction of sp³-hybridized carbons (Fsp3) is 0.0556. The van der Waals surface area contributed by atoms with E-state index in [2.05, 4.69) is 20.3 Å². The Hall–Kier alpha value is -3.39. The molecule has 0 saturated carbocycles. The predicted molar refractivity (Wildman–Crippen MR) is 102 cm³/mol. The molecular formula is C18H13N5O2S. The monoisotopic (exact) mass is 363 g/mol. The van der Waals surface area contributed by atoms with Gasteiger partial charge in [-0.15, -0.1) is 11.3 Å². The first-order valence-corrected chi connectivity index (χ1v) is 8.86. The Morgan fingerprint density at radius 1 is 1.00 bits per heavy atom. The molecule has 0 spiro atoms. The van der Waals surface area contributed by atoms with Crippen molar-refractivity contribution >= 4 is 39.7 Å². The number of nitrogens with two attached hydrogens (primary N) is 1. The van der Waals surface area contributed by atoms with Gasteiger partial charge < -0.3 is 16.0 Å². The maximum absolute atomic E-state index is 12.9. The lowest BCUT2D eigenvalue weighted by Crippen LogP contribution is -2.30. The molecule has 0 radical (unpaired) electrons. The number of aromatic nitrogens is 3. The van der Waals surface area contributed by atoms with Gasteiger partial charge in [0.05, 0.1) is 28.2 Å². The van der Waals surface area contributed by atoms with Crippen LogP contribution in [-0.4, -0.2) is 15.0 Å². The number of nitrogen functional groups attached to an aromatic ring is 1. The lowest BCUT2D eigenvalue weighted by Gasteiger charge is -2.27. The number of fused-ring (bicyclic) bond motifs is 4. The van der Waals surface area contributed by atoms with Crippen LogP contribution < -0.4 is 22.2 Å². The maximum atomic E-state index is 12.9. The number of rotatable bonds is 1. The van der Waals surface area contributed by atoms with E-state index < -0.39 is 5.92 Å². The smallest absolute Gasteiger partial charge is 0.258 e. The SMILES string of the molecule is Nc1nc2c(c(=O)[nH]1)C(c1cccs1)c1c(c3ccccc3[nH]c1=O)N2. The highest BCUT2D eigenvalue weighted by atomic mass is 32.1. The summed E-state index contributed by atoms with van der Waals surface area (Å²) in [5.74, 6) is -0.0943. The van der Waals surface area contributed by atoms with Crippen LogP contribution in [0.3, 0.4) is 0 Å². The molecule has 1 aromatic carbocycles. The third-order valence-electron chi connectivity index (χ3n) is 4.58. The van der Waals surface area contributed by atoms with Crippen LogP contribution in [0.4, 0.5) is 17.5 Å². The van der Waals surface area contributed by atoms with Gasteiger partial charge in [-0.1, -0.05) is 24.3 Å². The van der Waals surface area contributed by atoms with E-state index in [1.807, 2.05) is 41.8 Å². The van der Waals surface area contributed by atoms with Crippen molar-refractivity contribution in [2.24, 2.45) is 0 Å². The van der Waals surface area contributed by atoms with Crippen molar-refractivity contribution in [2.75, 3.05) is 11.1 Å². The number of para-hydroxylation sites is 1. The lowest BCUT2D eigenvalue weighted by atomic mass is 9.86. The number of pyridine rings is 1. The van der Waals surface area contributed by atoms with E-state index in [0.29, 0.717) is 22.6 Å². The Labute approximate surface area is 150 Å². The second kappa shape index (κ2) is 5.30. The van der Waals surface area contributed by atoms with Crippen molar-refractivity contribution in [1.82, 2.24) is 15.0 Å². The number of hydrogen-bond donors (Lipinski definition) is 4. The summed E-state index contributed by atoms with van der Waals surface area (Å²) in [4.78, 5) is 36.2. The molecule has 1 aliphatic rings. The van der Waals surface area contributed by atoms with Crippen LogP contribution in [0, 0.1) is 0 Å². The standard InChI is InChI=1S/C18H13N5O2S/c19-18-22-15-13(17(25)23-18)11(10-6-3-7-26-10)12-14(21-15)8-4-1-2-5-9(8)20-16(12)24/h1-7,11H,(H,20,24)(H4,19,21,22,23,25). The fourth-order valence-corrected chi connectivity index (χ4v) is 4.38. The van der Waals surface area contributed by atoms with Gasteiger partial charge in [-0.25, -0.2) is 0 Å². The number of nitrogens with one attached hydrogen (secondary N) is 3. The topological polar surface area (TPSA) is 117 Å². The zero-order chi connectivity index (χ0) is 17.8. The molecule has 0 saturated heterocycles. The zero-order valence-corrected chi connectivity index (χ0v) is 14.2. The molecule has 0 fully saturated rings. The van der Waals surface area contributed by atoms with E-state index in [1.165, 1.54) is 11.3 Å². The molecule has 26 heavy (non-hydrogen) atoms. The summed E-state index contributed by atoms with van der Waals surface area (Å²) in [6, 6.07) is 11.3. The van der Waals surface area contributed by atoms with Crippen LogP contribution in [0.25, 0.3) is 10.9 Å². The number of aromatic amines is 2. The van der Waals surface area contributed by atoms with Gasteiger partial charge in [0.15, 0.2) is 0 Å². The molecule has 1 atom stereocenters. The molecule has 4 aromatic rings. The average molecular weight is 363 g/mol. The Morgan fingerprint density at radius 3 is 2.62 bits per heavy atom. The molecule has 3 aromatic heterocycles. The molecule has 8 heteroatoms. The van der Waals surface area contributed by atoms with E-state index in [1.54, 1.807) is 0 Å². The predicted octanol–water partition coefficient (Wildman–Crippen LogP) is 2.49. The van der Waals surface area contributed by atoms with Crippen LogP contribution in [0.5, 0.6) is 0 Å². The van der Waals surface area contributed by atoms with E-state index in [-0.39, 0.29) is 17.1 Å². The highest BCUT2D eigenvalue weighted by Gasteiger charge is 2.35. The minimum Gasteiger partial charge on any atom is -0.369 e. The lowest BCUT2D eigenvalue weighted by molar-refractivity contribution is 0.909. The van der Waals surface area contributed by atoms with E-state index >= 15 is 0 Å². The Balaban J connectivity index is 1.94. The van der Waals surface area contributed by atoms with Gasteiger partial charge in [0, 0.05) is 10.3 Å².